The summed E-state index contributed by atoms with van der Waals surface area (Å²) < 4.78 is 26.1. The Kier molecular flexibility index (Phi) is 6.91. The Balaban J connectivity index is 2.12. The van der Waals surface area contributed by atoms with Crippen molar-refractivity contribution in [3.05, 3.63) is 81.4 Å². The summed E-state index contributed by atoms with van der Waals surface area (Å²) in [5.41, 5.74) is 0.301. The molecule has 9 heteroatoms. The maximum atomic E-state index is 13.7. The van der Waals surface area contributed by atoms with E-state index in [9.17, 15) is 18.5 Å². The van der Waals surface area contributed by atoms with E-state index in [2.05, 4.69) is 10.4 Å². The lowest BCUT2D eigenvalue weighted by atomic mass is 10.1. The quantitative estimate of drug-likeness (QED) is 0.588. The highest BCUT2D eigenvalue weighted by Crippen LogP contribution is 2.20. The van der Waals surface area contributed by atoms with Gasteiger partial charge in [-0.1, -0.05) is 41.0 Å². The topological polar surface area (TPSA) is 87.0 Å². The number of hydrogen-bond donors (Lipinski definition) is 1. The molecule has 0 aliphatic carbocycles. The highest BCUT2D eigenvalue weighted by molar-refractivity contribution is 7.90. The minimum atomic E-state index is -1.11. The van der Waals surface area contributed by atoms with Crippen molar-refractivity contribution in [2.75, 3.05) is 12.0 Å². The molecule has 1 amide bonds. The van der Waals surface area contributed by atoms with Gasteiger partial charge < -0.3 is 9.87 Å². The van der Waals surface area contributed by atoms with Crippen LogP contribution in [0.1, 0.15) is 17.3 Å². The smallest absolute Gasteiger partial charge is 0.284 e. The van der Waals surface area contributed by atoms with Gasteiger partial charge in [0, 0.05) is 10.6 Å². The number of carbonyl (C=O) groups excluding carboxylic acids is 1. The summed E-state index contributed by atoms with van der Waals surface area (Å²) in [6.07, 6.45) is 1.53. The average molecular weight is 448 g/mol. The van der Waals surface area contributed by atoms with Gasteiger partial charge in [0.1, 0.15) is 17.1 Å². The Bertz CT molecular complexity index is 1120. The molecule has 0 bridgehead atoms. The molecule has 3 rings (SSSR count). The first-order valence-corrected chi connectivity index (χ1v) is 11.1. The van der Waals surface area contributed by atoms with E-state index < -0.39 is 34.5 Å². The van der Waals surface area contributed by atoms with E-state index in [-0.39, 0.29) is 17.0 Å². The van der Waals surface area contributed by atoms with E-state index in [1.807, 2.05) is 0 Å². The molecule has 6 nitrogen and oxygen atoms in total. The van der Waals surface area contributed by atoms with Gasteiger partial charge >= 0.3 is 0 Å². The molecule has 2 atom stereocenters. The maximum Gasteiger partial charge on any atom is 0.284 e. The highest BCUT2D eigenvalue weighted by Gasteiger charge is 2.20. The van der Waals surface area contributed by atoms with Crippen molar-refractivity contribution in [3.8, 4) is 16.9 Å². The van der Waals surface area contributed by atoms with Crippen molar-refractivity contribution in [1.29, 1.82) is 0 Å². The molecule has 1 heterocycles. The normalized spacial score (nSPS) is 13.0. The zero-order chi connectivity index (χ0) is 21.8. The van der Waals surface area contributed by atoms with Crippen LogP contribution in [0.5, 0.6) is 0 Å². The zero-order valence-corrected chi connectivity index (χ0v) is 17.8. The van der Waals surface area contributed by atoms with Crippen molar-refractivity contribution in [1.82, 2.24) is 15.1 Å². The van der Waals surface area contributed by atoms with E-state index >= 15 is 0 Å². The third kappa shape index (κ3) is 5.27. The average Bonchev–Trinajstić information content (AvgIpc) is 2.68. The van der Waals surface area contributed by atoms with E-state index in [4.69, 9.17) is 11.6 Å². The molecule has 0 aliphatic heterocycles. The van der Waals surface area contributed by atoms with Crippen LogP contribution in [0.15, 0.2) is 59.4 Å². The highest BCUT2D eigenvalue weighted by atomic mass is 35.5. The van der Waals surface area contributed by atoms with Crippen molar-refractivity contribution < 1.29 is 13.7 Å². The number of nitrogens with zero attached hydrogens (tertiary/aromatic N) is 2. The number of aromatic nitrogens is 2. The van der Waals surface area contributed by atoms with Gasteiger partial charge in [0.05, 0.1) is 23.7 Å². The molecule has 1 unspecified atom stereocenters. The van der Waals surface area contributed by atoms with Gasteiger partial charge in [-0.25, -0.2) is 4.39 Å². The molecule has 1 aromatic heterocycles. The standard InChI is InChI=1S/C21H19ClFN3O3S/c1-13(12-30(2)29)24-20(27)18-11-19(14-6-8-15(22)9-7-14)25-26(21(18)28)17-5-3-4-16(23)10-17/h3-11,13H,12H2,1-2H3,(H,24,27)/t13-,30?/m0/s1. The van der Waals surface area contributed by atoms with Gasteiger partial charge in [-0.2, -0.15) is 9.78 Å². The van der Waals surface area contributed by atoms with E-state index in [0.717, 1.165) is 10.7 Å². The van der Waals surface area contributed by atoms with E-state index in [1.54, 1.807) is 31.2 Å². The number of hydrogen-bond acceptors (Lipinski definition) is 4. The molecular weight excluding hydrogens is 429 g/mol. The predicted octanol–water partition coefficient (Wildman–Crippen LogP) is 3.19. The Hall–Kier alpha value is -2.68. The monoisotopic (exact) mass is 447 g/mol. The molecule has 0 saturated carbocycles. The molecule has 0 radical (unpaired) electrons. The van der Waals surface area contributed by atoms with Crippen LogP contribution in [0.2, 0.25) is 5.02 Å². The predicted molar refractivity (Wildman–Crippen MR) is 116 cm³/mol. The molecule has 30 heavy (non-hydrogen) atoms. The first-order chi connectivity index (χ1) is 14.2. The summed E-state index contributed by atoms with van der Waals surface area (Å²) in [6, 6.07) is 13.1. The van der Waals surface area contributed by atoms with Gasteiger partial charge in [-0.15, -0.1) is 0 Å². The largest absolute Gasteiger partial charge is 0.616 e. The molecule has 0 aliphatic rings. The van der Waals surface area contributed by atoms with Gasteiger partial charge in [-0.05, 0) is 43.3 Å². The third-order valence-corrected chi connectivity index (χ3v) is 5.43. The number of carbonyl (C=O) groups is 1. The second-order valence-electron chi connectivity index (χ2n) is 6.76. The lowest BCUT2D eigenvalue weighted by molar-refractivity contribution is 0.0941. The first kappa shape index (κ1) is 22.0. The minimum absolute atomic E-state index is 0.159. The van der Waals surface area contributed by atoms with Crippen LogP contribution in [0.3, 0.4) is 0 Å². The molecule has 0 spiro atoms. The van der Waals surface area contributed by atoms with Crippen LogP contribution < -0.4 is 10.9 Å². The van der Waals surface area contributed by atoms with Crippen LogP contribution in [0.25, 0.3) is 16.9 Å². The van der Waals surface area contributed by atoms with Crippen LogP contribution in [0, 0.1) is 5.82 Å². The van der Waals surface area contributed by atoms with Gasteiger partial charge in [0.15, 0.2) is 0 Å². The van der Waals surface area contributed by atoms with E-state index in [1.165, 1.54) is 30.5 Å². The maximum absolute atomic E-state index is 13.7. The second-order valence-corrected chi connectivity index (χ2v) is 8.68. The van der Waals surface area contributed by atoms with Crippen LogP contribution in [0.4, 0.5) is 4.39 Å². The van der Waals surface area contributed by atoms with Crippen LogP contribution >= 0.6 is 11.6 Å². The Morgan fingerprint density at radius 3 is 2.60 bits per heavy atom. The van der Waals surface area contributed by atoms with Gasteiger partial charge in [0.2, 0.25) is 0 Å². The number of benzene rings is 2. The lowest BCUT2D eigenvalue weighted by Crippen LogP contribution is -2.41. The number of halogens is 2. The molecule has 0 saturated heterocycles. The van der Waals surface area contributed by atoms with Crippen molar-refractivity contribution in [2.24, 2.45) is 0 Å². The van der Waals surface area contributed by atoms with E-state index in [0.29, 0.717) is 16.3 Å². The second kappa shape index (κ2) is 9.42. The molecule has 156 valence electrons. The van der Waals surface area contributed by atoms with Crippen LogP contribution in [-0.4, -0.2) is 38.3 Å². The molecule has 1 N–H and O–H groups in total. The zero-order valence-electron chi connectivity index (χ0n) is 16.3. The summed E-state index contributed by atoms with van der Waals surface area (Å²) in [5.74, 6) is -0.914. The fraction of sp³-hybridized carbons (Fsp3) is 0.190. The molecule has 0 fully saturated rings. The van der Waals surface area contributed by atoms with Crippen LogP contribution in [-0.2, 0) is 11.2 Å². The van der Waals surface area contributed by atoms with Crippen molar-refractivity contribution in [2.45, 2.75) is 13.0 Å². The van der Waals surface area contributed by atoms with Crippen molar-refractivity contribution >= 4 is 28.7 Å². The van der Waals surface area contributed by atoms with Gasteiger partial charge in [0.25, 0.3) is 11.5 Å². The minimum Gasteiger partial charge on any atom is -0.616 e. The molecule has 2 aromatic carbocycles. The SMILES string of the molecule is C[C@@H](C[S+](C)[O-])NC(=O)c1cc(-c2ccc(Cl)cc2)nn(-c2cccc(F)c2)c1=O. The number of amides is 1. The third-order valence-electron chi connectivity index (χ3n) is 4.21. The summed E-state index contributed by atoms with van der Waals surface area (Å²) in [4.78, 5) is 25.8. The summed E-state index contributed by atoms with van der Waals surface area (Å²) in [7, 11) is 0. The Morgan fingerprint density at radius 2 is 1.97 bits per heavy atom. The van der Waals surface area contributed by atoms with Gasteiger partial charge in [-0.3, -0.25) is 9.59 Å². The summed E-state index contributed by atoms with van der Waals surface area (Å²) >= 11 is 4.83. The number of nitrogens with one attached hydrogen (secondary N) is 1. The summed E-state index contributed by atoms with van der Waals surface area (Å²) in [6.45, 7) is 1.70. The molecule has 3 aromatic rings. The Morgan fingerprint density at radius 1 is 1.27 bits per heavy atom. The fourth-order valence-corrected chi connectivity index (χ4v) is 3.81. The fourth-order valence-electron chi connectivity index (χ4n) is 2.90. The lowest BCUT2D eigenvalue weighted by Gasteiger charge is -2.15. The summed E-state index contributed by atoms with van der Waals surface area (Å²) in [5, 5.41) is 7.52. The van der Waals surface area contributed by atoms with Crippen molar-refractivity contribution in [3.63, 3.8) is 0 Å². The number of rotatable bonds is 6. The Labute approximate surface area is 180 Å². The first-order valence-electron chi connectivity index (χ1n) is 9.01. The molecular formula is C21H19ClFN3O3S.